The van der Waals surface area contributed by atoms with Crippen molar-refractivity contribution in [1.82, 2.24) is 19.6 Å². The lowest BCUT2D eigenvalue weighted by molar-refractivity contribution is -0.135. The minimum absolute atomic E-state index is 0.0574. The molecule has 4 heterocycles. The molecule has 2 aliphatic heterocycles. The number of nitrogens with zero attached hydrogens (tertiary/aromatic N) is 4. The van der Waals surface area contributed by atoms with Gasteiger partial charge in [0, 0.05) is 42.5 Å². The van der Waals surface area contributed by atoms with Crippen LogP contribution in [-0.2, 0) is 11.3 Å². The van der Waals surface area contributed by atoms with Gasteiger partial charge in [0.05, 0.1) is 17.1 Å². The molecule has 0 unspecified atom stereocenters. The third-order valence-corrected chi connectivity index (χ3v) is 8.15. The van der Waals surface area contributed by atoms with E-state index in [1.165, 1.54) is 11.3 Å². The third-order valence-electron chi connectivity index (χ3n) is 6.65. The largest absolute Gasteiger partial charge is 0.342 e. The molecule has 2 aliphatic rings. The van der Waals surface area contributed by atoms with Gasteiger partial charge < -0.3 is 9.80 Å². The van der Waals surface area contributed by atoms with Gasteiger partial charge in [-0.3, -0.25) is 14.3 Å². The topological polar surface area (TPSA) is 58.4 Å². The Bertz CT molecular complexity index is 1160. The highest BCUT2D eigenvalue weighted by Crippen LogP contribution is 2.31. The monoisotopic (exact) mass is 470 g/mol. The van der Waals surface area contributed by atoms with Crippen molar-refractivity contribution in [1.29, 1.82) is 0 Å². The van der Waals surface area contributed by atoms with E-state index in [1.807, 2.05) is 51.7 Å². The Morgan fingerprint density at radius 1 is 1.09 bits per heavy atom. The van der Waals surface area contributed by atoms with Gasteiger partial charge in [0.1, 0.15) is 4.83 Å². The number of hydrogen-bond acceptors (Lipinski definition) is 4. The smallest absolute Gasteiger partial charge is 0.264 e. The van der Waals surface area contributed by atoms with Crippen molar-refractivity contribution in [3.63, 3.8) is 0 Å². The fraction of sp³-hybridized carbons (Fsp3) is 0.458. The van der Waals surface area contributed by atoms with Crippen molar-refractivity contribution in [2.45, 2.75) is 39.2 Å². The fourth-order valence-electron chi connectivity index (χ4n) is 4.79. The van der Waals surface area contributed by atoms with E-state index >= 15 is 0 Å². The molecule has 32 heavy (non-hydrogen) atoms. The molecule has 3 aromatic rings. The second-order valence-electron chi connectivity index (χ2n) is 8.76. The summed E-state index contributed by atoms with van der Waals surface area (Å²) in [7, 11) is 0. The van der Waals surface area contributed by atoms with Crippen molar-refractivity contribution in [3.05, 3.63) is 51.5 Å². The minimum atomic E-state index is 0.0574. The molecule has 0 spiro atoms. The van der Waals surface area contributed by atoms with Gasteiger partial charge >= 0.3 is 0 Å². The Balaban J connectivity index is 1.29. The summed E-state index contributed by atoms with van der Waals surface area (Å²) in [5.41, 5.74) is 1.92. The molecular formula is C24H27ClN4O2S. The lowest BCUT2D eigenvalue weighted by Crippen LogP contribution is -2.43. The van der Waals surface area contributed by atoms with Crippen molar-refractivity contribution in [2.24, 2.45) is 5.92 Å². The van der Waals surface area contributed by atoms with E-state index in [9.17, 15) is 9.59 Å². The summed E-state index contributed by atoms with van der Waals surface area (Å²) in [5, 5.41) is 6.40. The Morgan fingerprint density at radius 3 is 2.53 bits per heavy atom. The maximum Gasteiger partial charge on any atom is 0.264 e. The summed E-state index contributed by atoms with van der Waals surface area (Å²) in [6.07, 6.45) is 3.74. The van der Waals surface area contributed by atoms with E-state index in [-0.39, 0.29) is 17.7 Å². The Morgan fingerprint density at radius 2 is 1.81 bits per heavy atom. The number of benzene rings is 1. The van der Waals surface area contributed by atoms with Crippen molar-refractivity contribution in [2.75, 3.05) is 26.2 Å². The minimum Gasteiger partial charge on any atom is -0.342 e. The molecule has 0 bridgehead atoms. The maximum absolute atomic E-state index is 13.2. The van der Waals surface area contributed by atoms with Crippen LogP contribution in [0.3, 0.4) is 0 Å². The van der Waals surface area contributed by atoms with Crippen LogP contribution in [0.1, 0.15) is 46.6 Å². The number of carbonyl (C=O) groups excluding carboxylic acids is 2. The van der Waals surface area contributed by atoms with Gasteiger partial charge in [0.2, 0.25) is 5.91 Å². The Hall–Kier alpha value is -2.38. The molecule has 0 atom stereocenters. The lowest BCUT2D eigenvalue weighted by atomic mass is 9.95. The predicted octanol–water partition coefficient (Wildman–Crippen LogP) is 4.58. The number of piperidine rings is 1. The molecule has 1 aromatic carbocycles. The van der Waals surface area contributed by atoms with Gasteiger partial charge in [-0.2, -0.15) is 5.10 Å². The van der Waals surface area contributed by atoms with Crippen LogP contribution in [0, 0.1) is 12.8 Å². The summed E-state index contributed by atoms with van der Waals surface area (Å²) in [4.78, 5) is 31.5. The zero-order valence-electron chi connectivity index (χ0n) is 18.2. The fourth-order valence-corrected chi connectivity index (χ4v) is 6.12. The van der Waals surface area contributed by atoms with E-state index in [0.29, 0.717) is 24.7 Å². The number of rotatable bonds is 4. The number of likely N-dealkylation sites (tertiary alicyclic amines) is 2. The van der Waals surface area contributed by atoms with Crippen molar-refractivity contribution >= 4 is 45.0 Å². The molecule has 8 heteroatoms. The van der Waals surface area contributed by atoms with Crippen LogP contribution < -0.4 is 0 Å². The summed E-state index contributed by atoms with van der Waals surface area (Å²) in [6.45, 7) is 5.61. The van der Waals surface area contributed by atoms with Gasteiger partial charge in [0.25, 0.3) is 5.91 Å². The molecule has 5 rings (SSSR count). The van der Waals surface area contributed by atoms with Gasteiger partial charge in [-0.05, 0) is 50.3 Å². The highest BCUT2D eigenvalue weighted by molar-refractivity contribution is 7.20. The van der Waals surface area contributed by atoms with Crippen LogP contribution in [0.15, 0.2) is 30.3 Å². The molecular weight excluding hydrogens is 444 g/mol. The van der Waals surface area contributed by atoms with Gasteiger partial charge in [-0.25, -0.2) is 0 Å². The van der Waals surface area contributed by atoms with Crippen LogP contribution in [0.25, 0.3) is 10.2 Å². The predicted molar refractivity (Wildman–Crippen MR) is 127 cm³/mol. The maximum atomic E-state index is 13.2. The molecule has 6 nitrogen and oxygen atoms in total. The number of carbonyl (C=O) groups is 2. The summed E-state index contributed by atoms with van der Waals surface area (Å²) in [5.74, 6) is 0.402. The average molecular weight is 471 g/mol. The number of aryl methyl sites for hydroxylation is 1. The van der Waals surface area contributed by atoms with Gasteiger partial charge in [-0.15, -0.1) is 11.3 Å². The van der Waals surface area contributed by atoms with E-state index in [0.717, 1.165) is 65.1 Å². The zero-order valence-corrected chi connectivity index (χ0v) is 19.8. The number of halogens is 1. The highest BCUT2D eigenvalue weighted by Gasteiger charge is 2.32. The molecule has 0 saturated carbocycles. The van der Waals surface area contributed by atoms with E-state index in [1.54, 1.807) is 0 Å². The molecule has 2 fully saturated rings. The Kier molecular flexibility index (Phi) is 5.95. The molecule has 0 aliphatic carbocycles. The standard InChI is InChI=1S/C24H27ClN4O2S/c1-16-19-14-21(32-24(19)29(26-16)15-18-6-2-3-7-20(18)25)23(31)28-12-8-17(9-13-28)22(30)27-10-4-5-11-27/h2-3,6-7,14,17H,4-5,8-13,15H2,1H3. The molecule has 0 radical (unpaired) electrons. The van der Waals surface area contributed by atoms with Crippen molar-refractivity contribution in [3.8, 4) is 0 Å². The number of aromatic nitrogens is 2. The zero-order chi connectivity index (χ0) is 22.2. The number of thiophene rings is 1. The van der Waals surface area contributed by atoms with Crippen LogP contribution in [0.4, 0.5) is 0 Å². The normalized spacial score (nSPS) is 17.4. The van der Waals surface area contributed by atoms with E-state index < -0.39 is 0 Å². The first-order chi connectivity index (χ1) is 15.5. The van der Waals surface area contributed by atoms with Crippen LogP contribution >= 0.6 is 22.9 Å². The molecule has 2 aromatic heterocycles. The second-order valence-corrected chi connectivity index (χ2v) is 10.2. The SMILES string of the molecule is Cc1nn(Cc2ccccc2Cl)c2sc(C(=O)N3CCC(C(=O)N4CCCC4)CC3)cc12. The summed E-state index contributed by atoms with van der Waals surface area (Å²) in [6, 6.07) is 9.73. The number of fused-ring (bicyclic) bond motifs is 1. The first-order valence-corrected chi connectivity index (χ1v) is 12.5. The Labute approximate surface area is 196 Å². The highest BCUT2D eigenvalue weighted by atomic mass is 35.5. The molecule has 0 N–H and O–H groups in total. The summed E-state index contributed by atoms with van der Waals surface area (Å²) >= 11 is 7.83. The van der Waals surface area contributed by atoms with E-state index in [4.69, 9.17) is 11.6 Å². The average Bonchev–Trinajstić information content (AvgIpc) is 3.54. The molecule has 168 valence electrons. The van der Waals surface area contributed by atoms with Crippen molar-refractivity contribution < 1.29 is 9.59 Å². The quantitative estimate of drug-likeness (QED) is 0.560. The van der Waals surface area contributed by atoms with Crippen LogP contribution in [0.5, 0.6) is 0 Å². The lowest BCUT2D eigenvalue weighted by Gasteiger charge is -2.33. The molecule has 2 amide bonds. The number of amides is 2. The second kappa shape index (κ2) is 8.87. The third kappa shape index (κ3) is 4.04. The van der Waals surface area contributed by atoms with E-state index in [2.05, 4.69) is 5.10 Å². The van der Waals surface area contributed by atoms with Crippen LogP contribution in [-0.4, -0.2) is 57.6 Å². The van der Waals surface area contributed by atoms with Gasteiger partial charge in [0.15, 0.2) is 0 Å². The first kappa shape index (κ1) is 21.5. The number of hydrogen-bond donors (Lipinski definition) is 0. The first-order valence-electron chi connectivity index (χ1n) is 11.3. The van der Waals surface area contributed by atoms with Crippen LogP contribution in [0.2, 0.25) is 5.02 Å². The molecule has 2 saturated heterocycles. The van der Waals surface area contributed by atoms with Gasteiger partial charge in [-0.1, -0.05) is 29.8 Å². The summed E-state index contributed by atoms with van der Waals surface area (Å²) < 4.78 is 1.94.